The highest BCUT2D eigenvalue weighted by molar-refractivity contribution is 5.77. The maximum atomic E-state index is 12.4. The fraction of sp³-hybridized carbons (Fsp3) is 0.895. The van der Waals surface area contributed by atoms with Gasteiger partial charge in [-0.05, 0) is 12.8 Å². The summed E-state index contributed by atoms with van der Waals surface area (Å²) >= 11 is 0. The van der Waals surface area contributed by atoms with E-state index < -0.39 is 0 Å². The topological polar surface area (TPSA) is 90.7 Å². The van der Waals surface area contributed by atoms with E-state index in [-0.39, 0.29) is 36.2 Å². The largest absolute Gasteiger partial charge is 0.371 e. The molecule has 4 rings (SSSR count). The Morgan fingerprint density at radius 2 is 0.889 bits per heavy atom. The quantitative estimate of drug-likeness (QED) is 0.315. The molecule has 4 fully saturated rings. The lowest BCUT2D eigenvalue weighted by Gasteiger charge is -2.21. The highest BCUT2D eigenvalue weighted by atomic mass is 16.6. The van der Waals surface area contributed by atoms with Crippen molar-refractivity contribution in [1.82, 2.24) is 9.80 Å². The summed E-state index contributed by atoms with van der Waals surface area (Å²) in [5.74, 6) is 0.344. The number of rotatable bonds is 14. The first kappa shape index (κ1) is 19.1. The standard InChI is InChI=1S/C19H30N2O6/c22-18(20(6-14-10-24-14)7-15-11-25-15)4-2-1-3-5-19(23)21(8-16-12-26-16)9-17-13-27-17/h14-17H,1-13H2. The smallest absolute Gasteiger partial charge is 0.222 e. The summed E-state index contributed by atoms with van der Waals surface area (Å²) in [7, 11) is 0. The van der Waals surface area contributed by atoms with E-state index in [0.717, 1.165) is 45.7 Å². The Bertz CT molecular complexity index is 454. The molecule has 0 bridgehead atoms. The molecule has 152 valence electrons. The van der Waals surface area contributed by atoms with E-state index in [2.05, 4.69) is 0 Å². The zero-order valence-corrected chi connectivity index (χ0v) is 15.8. The van der Waals surface area contributed by atoms with Crippen LogP contribution >= 0.6 is 0 Å². The molecule has 2 amide bonds. The van der Waals surface area contributed by atoms with E-state index in [4.69, 9.17) is 18.9 Å². The number of hydrogen-bond acceptors (Lipinski definition) is 6. The third-order valence-electron chi connectivity index (χ3n) is 5.29. The van der Waals surface area contributed by atoms with Crippen molar-refractivity contribution in [3.05, 3.63) is 0 Å². The van der Waals surface area contributed by atoms with Crippen molar-refractivity contribution in [3.63, 3.8) is 0 Å². The Morgan fingerprint density at radius 3 is 1.15 bits per heavy atom. The third kappa shape index (κ3) is 7.03. The molecule has 0 aliphatic carbocycles. The van der Waals surface area contributed by atoms with Gasteiger partial charge < -0.3 is 28.7 Å². The molecule has 0 radical (unpaired) electrons. The molecule has 4 unspecified atom stereocenters. The maximum Gasteiger partial charge on any atom is 0.222 e. The van der Waals surface area contributed by atoms with Crippen molar-refractivity contribution >= 4 is 11.8 Å². The Hall–Kier alpha value is -1.22. The lowest BCUT2D eigenvalue weighted by molar-refractivity contribution is -0.132. The van der Waals surface area contributed by atoms with Crippen molar-refractivity contribution in [2.45, 2.75) is 56.5 Å². The summed E-state index contributed by atoms with van der Waals surface area (Å²) in [5, 5.41) is 0. The lowest BCUT2D eigenvalue weighted by atomic mass is 10.1. The van der Waals surface area contributed by atoms with Gasteiger partial charge in [-0.3, -0.25) is 9.59 Å². The lowest BCUT2D eigenvalue weighted by Crippen LogP contribution is -2.37. The second kappa shape index (κ2) is 8.86. The van der Waals surface area contributed by atoms with Gasteiger partial charge in [0.2, 0.25) is 11.8 Å². The SMILES string of the molecule is O=C(CCCCCC(=O)N(CC1CO1)CC1CO1)N(CC1CO1)CC1CO1. The Morgan fingerprint density at radius 1 is 0.593 bits per heavy atom. The molecule has 0 aromatic heterocycles. The number of carbonyl (C=O) groups excluding carboxylic acids is 2. The van der Waals surface area contributed by atoms with Crippen LogP contribution in [0.1, 0.15) is 32.1 Å². The second-order valence-electron chi connectivity index (χ2n) is 7.98. The van der Waals surface area contributed by atoms with Crippen molar-refractivity contribution in [2.75, 3.05) is 52.6 Å². The van der Waals surface area contributed by atoms with Crippen LogP contribution in [0, 0.1) is 0 Å². The molecular weight excluding hydrogens is 352 g/mol. The molecule has 8 heteroatoms. The van der Waals surface area contributed by atoms with E-state index in [1.165, 1.54) is 0 Å². The number of epoxide rings is 4. The molecule has 0 N–H and O–H groups in total. The fourth-order valence-electron chi connectivity index (χ4n) is 3.28. The van der Waals surface area contributed by atoms with Gasteiger partial charge in [0.1, 0.15) is 0 Å². The van der Waals surface area contributed by atoms with Crippen LogP contribution in [0.25, 0.3) is 0 Å². The van der Waals surface area contributed by atoms with Crippen LogP contribution in [-0.4, -0.2) is 98.6 Å². The van der Waals surface area contributed by atoms with E-state index in [9.17, 15) is 9.59 Å². The van der Waals surface area contributed by atoms with Gasteiger partial charge in [0.05, 0.1) is 50.8 Å². The Kier molecular flexibility index (Phi) is 6.27. The molecule has 0 aromatic carbocycles. The van der Waals surface area contributed by atoms with Crippen LogP contribution in [0.4, 0.5) is 0 Å². The summed E-state index contributed by atoms with van der Waals surface area (Å²) in [5.41, 5.74) is 0. The zero-order chi connectivity index (χ0) is 18.6. The van der Waals surface area contributed by atoms with Crippen molar-refractivity contribution in [1.29, 1.82) is 0 Å². The van der Waals surface area contributed by atoms with Crippen LogP contribution in [0.3, 0.4) is 0 Å². The number of unbranched alkanes of at least 4 members (excludes halogenated alkanes) is 2. The summed E-state index contributed by atoms with van der Waals surface area (Å²) in [6, 6.07) is 0. The molecule has 27 heavy (non-hydrogen) atoms. The number of amides is 2. The first-order valence-electron chi connectivity index (χ1n) is 10.2. The average Bonchev–Trinajstić information content (AvgIpc) is 3.45. The van der Waals surface area contributed by atoms with E-state index in [1.54, 1.807) is 0 Å². The summed E-state index contributed by atoms with van der Waals surface area (Å²) in [6.07, 6.45) is 4.42. The predicted octanol–water partition coefficient (Wildman–Crippen LogP) is 0.189. The van der Waals surface area contributed by atoms with Crippen molar-refractivity contribution in [3.8, 4) is 0 Å². The van der Waals surface area contributed by atoms with Gasteiger partial charge in [-0.1, -0.05) is 6.42 Å². The van der Waals surface area contributed by atoms with Gasteiger partial charge in [-0.15, -0.1) is 0 Å². The van der Waals surface area contributed by atoms with Gasteiger partial charge in [0.15, 0.2) is 0 Å². The summed E-state index contributed by atoms with van der Waals surface area (Å²) in [4.78, 5) is 28.7. The van der Waals surface area contributed by atoms with Crippen LogP contribution in [0.15, 0.2) is 0 Å². The second-order valence-corrected chi connectivity index (χ2v) is 7.98. The van der Waals surface area contributed by atoms with Crippen LogP contribution in [0.2, 0.25) is 0 Å². The molecule has 8 nitrogen and oxygen atoms in total. The molecule has 4 aliphatic rings. The summed E-state index contributed by atoms with van der Waals surface area (Å²) in [6.45, 7) is 5.74. The van der Waals surface area contributed by atoms with Crippen LogP contribution in [0.5, 0.6) is 0 Å². The minimum Gasteiger partial charge on any atom is -0.371 e. The van der Waals surface area contributed by atoms with E-state index in [1.807, 2.05) is 9.80 Å². The minimum absolute atomic E-state index is 0.172. The predicted molar refractivity (Wildman–Crippen MR) is 95.2 cm³/mol. The fourth-order valence-corrected chi connectivity index (χ4v) is 3.28. The van der Waals surface area contributed by atoms with E-state index >= 15 is 0 Å². The molecule has 4 atom stereocenters. The number of hydrogen-bond donors (Lipinski definition) is 0. The molecule has 4 saturated heterocycles. The minimum atomic E-state index is 0.172. The first-order valence-corrected chi connectivity index (χ1v) is 10.2. The third-order valence-corrected chi connectivity index (χ3v) is 5.29. The van der Waals surface area contributed by atoms with Crippen LogP contribution < -0.4 is 0 Å². The van der Waals surface area contributed by atoms with Crippen LogP contribution in [-0.2, 0) is 28.5 Å². The van der Waals surface area contributed by atoms with Gasteiger partial charge >= 0.3 is 0 Å². The van der Waals surface area contributed by atoms with Gasteiger partial charge in [-0.25, -0.2) is 0 Å². The normalized spacial score (nSPS) is 29.9. The first-order chi connectivity index (χ1) is 13.2. The monoisotopic (exact) mass is 382 g/mol. The Balaban J connectivity index is 1.10. The molecule has 4 aliphatic heterocycles. The number of nitrogens with zero attached hydrogens (tertiary/aromatic N) is 2. The molecule has 0 aromatic rings. The average molecular weight is 382 g/mol. The summed E-state index contributed by atoms with van der Waals surface area (Å²) < 4.78 is 21.0. The van der Waals surface area contributed by atoms with E-state index in [0.29, 0.717) is 39.0 Å². The van der Waals surface area contributed by atoms with Gasteiger partial charge in [0, 0.05) is 39.0 Å². The van der Waals surface area contributed by atoms with Gasteiger partial charge in [-0.2, -0.15) is 0 Å². The highest BCUT2D eigenvalue weighted by Gasteiger charge is 2.33. The molecule has 0 saturated carbocycles. The molecule has 0 spiro atoms. The van der Waals surface area contributed by atoms with Crippen molar-refractivity contribution < 1.29 is 28.5 Å². The highest BCUT2D eigenvalue weighted by Crippen LogP contribution is 2.19. The Labute approximate surface area is 160 Å². The maximum absolute atomic E-state index is 12.4. The molecule has 4 heterocycles. The number of carbonyl (C=O) groups is 2. The number of ether oxygens (including phenoxy) is 4. The van der Waals surface area contributed by atoms with Gasteiger partial charge in [0.25, 0.3) is 0 Å². The molecular formula is C19H30N2O6. The van der Waals surface area contributed by atoms with Crippen molar-refractivity contribution in [2.24, 2.45) is 0 Å². The zero-order valence-electron chi connectivity index (χ0n) is 15.8.